The molecule has 1 amide bonds. The van der Waals surface area contributed by atoms with Gasteiger partial charge < -0.3 is 14.6 Å². The summed E-state index contributed by atoms with van der Waals surface area (Å²) in [6, 6.07) is 16.8. The molecule has 0 atom stereocenters. The fourth-order valence-electron chi connectivity index (χ4n) is 3.48. The van der Waals surface area contributed by atoms with Gasteiger partial charge in [0.25, 0.3) is 5.91 Å². The SMILES string of the molecule is O=C(Nc1ccc(N2CCN(Cc3ccccc3Cl)CC2)c(Cl)c1)c1ccc(Br)o1. The Kier molecular flexibility index (Phi) is 6.68. The quantitative estimate of drug-likeness (QED) is 0.464. The highest BCUT2D eigenvalue weighted by Crippen LogP contribution is 2.30. The summed E-state index contributed by atoms with van der Waals surface area (Å²) in [7, 11) is 0. The van der Waals surface area contributed by atoms with E-state index in [0.717, 1.165) is 49.0 Å². The molecule has 0 saturated carbocycles. The molecule has 1 saturated heterocycles. The lowest BCUT2D eigenvalue weighted by atomic mass is 10.2. The summed E-state index contributed by atoms with van der Waals surface area (Å²) < 4.78 is 5.79. The van der Waals surface area contributed by atoms with Gasteiger partial charge in [0.15, 0.2) is 10.4 Å². The van der Waals surface area contributed by atoms with Crippen molar-refractivity contribution in [2.24, 2.45) is 0 Å². The number of nitrogens with zero attached hydrogens (tertiary/aromatic N) is 2. The van der Waals surface area contributed by atoms with Gasteiger partial charge in [-0.25, -0.2) is 0 Å². The van der Waals surface area contributed by atoms with E-state index >= 15 is 0 Å². The van der Waals surface area contributed by atoms with Gasteiger partial charge in [0.05, 0.1) is 10.7 Å². The number of amides is 1. The molecule has 1 fully saturated rings. The maximum Gasteiger partial charge on any atom is 0.291 e. The summed E-state index contributed by atoms with van der Waals surface area (Å²) in [5.74, 6) is -0.0885. The Morgan fingerprint density at radius 1 is 1.00 bits per heavy atom. The number of carbonyl (C=O) groups is 1. The average molecular weight is 509 g/mol. The molecule has 0 spiro atoms. The minimum absolute atomic E-state index is 0.233. The number of carbonyl (C=O) groups excluding carboxylic acids is 1. The summed E-state index contributed by atoms with van der Waals surface area (Å²) in [5, 5.41) is 4.22. The second-order valence-electron chi connectivity index (χ2n) is 7.08. The standard InChI is InChI=1S/C22H20BrCl2N3O2/c23-21-8-7-20(30-21)22(29)26-16-5-6-19(18(25)13-16)28-11-9-27(10-12-28)14-15-3-1-2-4-17(15)24/h1-8,13H,9-12,14H2,(H,26,29). The molecule has 0 radical (unpaired) electrons. The highest BCUT2D eigenvalue weighted by atomic mass is 79.9. The van der Waals surface area contributed by atoms with Gasteiger partial charge in [-0.3, -0.25) is 9.69 Å². The van der Waals surface area contributed by atoms with Gasteiger partial charge in [0.2, 0.25) is 0 Å². The first kappa shape index (κ1) is 21.2. The molecule has 1 aromatic heterocycles. The van der Waals surface area contributed by atoms with Gasteiger partial charge in [-0.2, -0.15) is 0 Å². The van der Waals surface area contributed by atoms with Crippen molar-refractivity contribution in [2.75, 3.05) is 36.4 Å². The number of piperazine rings is 1. The lowest BCUT2D eigenvalue weighted by Crippen LogP contribution is -2.46. The molecule has 30 heavy (non-hydrogen) atoms. The van der Waals surface area contributed by atoms with Gasteiger partial charge in [-0.1, -0.05) is 41.4 Å². The molecule has 0 bridgehead atoms. The van der Waals surface area contributed by atoms with Crippen LogP contribution < -0.4 is 10.2 Å². The number of nitrogens with one attached hydrogen (secondary N) is 1. The van der Waals surface area contributed by atoms with Crippen molar-refractivity contribution in [3.05, 3.63) is 80.6 Å². The predicted molar refractivity (Wildman–Crippen MR) is 125 cm³/mol. The molecule has 156 valence electrons. The van der Waals surface area contributed by atoms with Crippen LogP contribution >= 0.6 is 39.1 Å². The monoisotopic (exact) mass is 507 g/mol. The van der Waals surface area contributed by atoms with E-state index in [-0.39, 0.29) is 11.7 Å². The van der Waals surface area contributed by atoms with E-state index in [9.17, 15) is 4.79 Å². The maximum absolute atomic E-state index is 12.2. The van der Waals surface area contributed by atoms with Crippen LogP contribution in [0.2, 0.25) is 10.0 Å². The summed E-state index contributed by atoms with van der Waals surface area (Å²) in [6.45, 7) is 4.43. The molecule has 1 aliphatic rings. The zero-order valence-corrected chi connectivity index (χ0v) is 19.2. The van der Waals surface area contributed by atoms with Crippen molar-refractivity contribution < 1.29 is 9.21 Å². The molecule has 0 aliphatic carbocycles. The molecule has 1 aliphatic heterocycles. The van der Waals surface area contributed by atoms with Gasteiger partial charge in [-0.05, 0) is 57.9 Å². The van der Waals surface area contributed by atoms with Crippen LogP contribution in [-0.4, -0.2) is 37.0 Å². The fraction of sp³-hybridized carbons (Fsp3) is 0.227. The average Bonchev–Trinajstić information content (AvgIpc) is 3.17. The first-order valence-electron chi connectivity index (χ1n) is 9.56. The van der Waals surface area contributed by atoms with Gasteiger partial charge in [0.1, 0.15) is 0 Å². The number of benzene rings is 2. The van der Waals surface area contributed by atoms with E-state index < -0.39 is 0 Å². The smallest absolute Gasteiger partial charge is 0.291 e. The van der Waals surface area contributed by atoms with Crippen molar-refractivity contribution in [3.8, 4) is 0 Å². The third-order valence-electron chi connectivity index (χ3n) is 5.07. The van der Waals surface area contributed by atoms with Gasteiger partial charge >= 0.3 is 0 Å². The van der Waals surface area contributed by atoms with Gasteiger partial charge in [0, 0.05) is 43.4 Å². The molecule has 2 aromatic carbocycles. The minimum Gasteiger partial charge on any atom is -0.444 e. The summed E-state index contributed by atoms with van der Waals surface area (Å²) in [6.07, 6.45) is 0. The summed E-state index contributed by atoms with van der Waals surface area (Å²) >= 11 is 16.0. The van der Waals surface area contributed by atoms with E-state index in [1.807, 2.05) is 30.3 Å². The van der Waals surface area contributed by atoms with Gasteiger partial charge in [-0.15, -0.1) is 0 Å². The van der Waals surface area contributed by atoms with Crippen LogP contribution in [0, 0.1) is 0 Å². The Bertz CT molecular complexity index is 1050. The second-order valence-corrected chi connectivity index (χ2v) is 8.67. The van der Waals surface area contributed by atoms with E-state index in [2.05, 4.69) is 37.1 Å². The number of halogens is 3. The van der Waals surface area contributed by atoms with Crippen LogP contribution in [-0.2, 0) is 6.54 Å². The highest BCUT2D eigenvalue weighted by Gasteiger charge is 2.20. The Hall–Kier alpha value is -1.99. The lowest BCUT2D eigenvalue weighted by Gasteiger charge is -2.36. The van der Waals surface area contributed by atoms with Crippen LogP contribution in [0.25, 0.3) is 0 Å². The Balaban J connectivity index is 1.36. The second kappa shape index (κ2) is 9.43. The van der Waals surface area contributed by atoms with Crippen LogP contribution in [0.4, 0.5) is 11.4 Å². The van der Waals surface area contributed by atoms with Crippen LogP contribution in [0.5, 0.6) is 0 Å². The number of rotatable bonds is 5. The minimum atomic E-state index is -0.322. The lowest BCUT2D eigenvalue weighted by molar-refractivity contribution is 0.0995. The van der Waals surface area contributed by atoms with E-state index in [0.29, 0.717) is 15.4 Å². The zero-order chi connectivity index (χ0) is 21.1. The fourth-order valence-corrected chi connectivity index (χ4v) is 4.29. The number of anilines is 2. The van der Waals surface area contributed by atoms with Crippen molar-refractivity contribution in [2.45, 2.75) is 6.54 Å². The first-order chi connectivity index (χ1) is 14.5. The molecule has 3 aromatic rings. The molecular weight excluding hydrogens is 489 g/mol. The van der Waals surface area contributed by atoms with Crippen molar-refractivity contribution in [1.82, 2.24) is 4.90 Å². The summed E-state index contributed by atoms with van der Waals surface area (Å²) in [5.41, 5.74) is 2.74. The van der Waals surface area contributed by atoms with Crippen LogP contribution in [0.15, 0.2) is 63.7 Å². The third-order valence-corrected chi connectivity index (χ3v) is 6.16. The maximum atomic E-state index is 12.2. The molecule has 1 N–H and O–H groups in total. The number of hydrogen-bond acceptors (Lipinski definition) is 4. The Labute approximate surface area is 193 Å². The summed E-state index contributed by atoms with van der Waals surface area (Å²) in [4.78, 5) is 16.9. The highest BCUT2D eigenvalue weighted by molar-refractivity contribution is 9.10. The van der Waals surface area contributed by atoms with Crippen molar-refractivity contribution in [3.63, 3.8) is 0 Å². The molecule has 4 rings (SSSR count). The van der Waals surface area contributed by atoms with E-state index in [1.165, 1.54) is 0 Å². The van der Waals surface area contributed by atoms with E-state index in [4.69, 9.17) is 27.6 Å². The Morgan fingerprint density at radius 3 is 2.43 bits per heavy atom. The molecular formula is C22H20BrCl2N3O2. The largest absolute Gasteiger partial charge is 0.444 e. The van der Waals surface area contributed by atoms with Crippen molar-refractivity contribution in [1.29, 1.82) is 0 Å². The van der Waals surface area contributed by atoms with Crippen LogP contribution in [0.1, 0.15) is 16.1 Å². The molecule has 2 heterocycles. The number of hydrogen-bond donors (Lipinski definition) is 1. The topological polar surface area (TPSA) is 48.7 Å². The normalized spacial score (nSPS) is 14.7. The van der Waals surface area contributed by atoms with Crippen molar-refractivity contribution >= 4 is 56.4 Å². The van der Waals surface area contributed by atoms with Crippen LogP contribution in [0.3, 0.4) is 0 Å². The number of furan rings is 1. The van der Waals surface area contributed by atoms with E-state index in [1.54, 1.807) is 18.2 Å². The molecule has 5 nitrogen and oxygen atoms in total. The molecule has 0 unspecified atom stereocenters. The Morgan fingerprint density at radius 2 is 1.77 bits per heavy atom. The molecule has 8 heteroatoms. The third kappa shape index (κ3) is 5.01. The zero-order valence-electron chi connectivity index (χ0n) is 16.1. The first-order valence-corrected chi connectivity index (χ1v) is 11.1. The predicted octanol–water partition coefficient (Wildman–Crippen LogP) is 5.92.